The summed E-state index contributed by atoms with van der Waals surface area (Å²) in [5.41, 5.74) is 1.26. The van der Waals surface area contributed by atoms with E-state index in [1.165, 1.54) is 24.6 Å². The predicted octanol–water partition coefficient (Wildman–Crippen LogP) is 3.15. The van der Waals surface area contributed by atoms with E-state index in [9.17, 15) is 4.79 Å². The number of nitrogens with one attached hydrogen (secondary N) is 1. The highest BCUT2D eigenvalue weighted by atomic mass is 32.1. The van der Waals surface area contributed by atoms with Crippen LogP contribution in [-0.4, -0.2) is 18.1 Å². The standard InChI is InChI=1S/C13H12N2O2S/c1-3-14-13-15-10(12(16)17-2)11(18-13)9-7-5-4-6-8-9/h3-8H,1H2,2H3,(H,14,15). The number of methoxy groups -OCH3 is 1. The second-order valence-corrected chi connectivity index (χ2v) is 4.40. The fraction of sp³-hybridized carbons (Fsp3) is 0.0769. The molecular formula is C13H12N2O2S. The lowest BCUT2D eigenvalue weighted by atomic mass is 10.1. The van der Waals surface area contributed by atoms with Crippen molar-refractivity contribution in [2.45, 2.75) is 0 Å². The van der Waals surface area contributed by atoms with Crippen LogP contribution in [0.5, 0.6) is 0 Å². The molecule has 0 atom stereocenters. The van der Waals surface area contributed by atoms with Gasteiger partial charge >= 0.3 is 5.97 Å². The molecule has 0 saturated heterocycles. The van der Waals surface area contributed by atoms with Crippen LogP contribution in [0, 0.1) is 0 Å². The molecule has 1 aromatic heterocycles. The summed E-state index contributed by atoms with van der Waals surface area (Å²) in [6.45, 7) is 3.57. The zero-order chi connectivity index (χ0) is 13.0. The number of hydrogen-bond acceptors (Lipinski definition) is 5. The first-order chi connectivity index (χ1) is 8.76. The summed E-state index contributed by atoms with van der Waals surface area (Å²) < 4.78 is 4.74. The van der Waals surface area contributed by atoms with Crippen LogP contribution in [0.3, 0.4) is 0 Å². The summed E-state index contributed by atoms with van der Waals surface area (Å²) in [5.74, 6) is -0.442. The largest absolute Gasteiger partial charge is 0.464 e. The number of aromatic nitrogens is 1. The number of anilines is 1. The Morgan fingerprint density at radius 2 is 2.17 bits per heavy atom. The van der Waals surface area contributed by atoms with E-state index in [2.05, 4.69) is 16.9 Å². The first-order valence-electron chi connectivity index (χ1n) is 5.28. The molecule has 2 aromatic rings. The van der Waals surface area contributed by atoms with Gasteiger partial charge in [0.05, 0.1) is 12.0 Å². The monoisotopic (exact) mass is 260 g/mol. The molecule has 18 heavy (non-hydrogen) atoms. The number of carbonyl (C=O) groups excluding carboxylic acids is 1. The second kappa shape index (κ2) is 5.46. The molecule has 0 aliphatic heterocycles. The molecule has 92 valence electrons. The van der Waals surface area contributed by atoms with Crippen LogP contribution in [0.4, 0.5) is 5.13 Å². The maximum absolute atomic E-state index is 11.7. The van der Waals surface area contributed by atoms with Gasteiger partial charge < -0.3 is 10.1 Å². The minimum Gasteiger partial charge on any atom is -0.464 e. The number of rotatable bonds is 4. The van der Waals surface area contributed by atoms with Crippen molar-refractivity contribution in [1.29, 1.82) is 0 Å². The highest BCUT2D eigenvalue weighted by Gasteiger charge is 2.19. The Morgan fingerprint density at radius 3 is 2.78 bits per heavy atom. The van der Waals surface area contributed by atoms with E-state index in [-0.39, 0.29) is 0 Å². The molecule has 0 spiro atoms. The molecule has 1 heterocycles. The molecule has 0 aliphatic rings. The molecule has 2 rings (SSSR count). The number of nitrogens with zero attached hydrogens (tertiary/aromatic N) is 1. The fourth-order valence-corrected chi connectivity index (χ4v) is 2.44. The van der Waals surface area contributed by atoms with E-state index < -0.39 is 5.97 Å². The third-order valence-corrected chi connectivity index (χ3v) is 3.30. The normalized spacial score (nSPS) is 9.83. The van der Waals surface area contributed by atoms with Gasteiger partial charge in [-0.2, -0.15) is 0 Å². The molecule has 0 bridgehead atoms. The summed E-state index contributed by atoms with van der Waals surface area (Å²) in [5, 5.41) is 3.50. The highest BCUT2D eigenvalue weighted by Crippen LogP contribution is 2.33. The van der Waals surface area contributed by atoms with Crippen molar-refractivity contribution in [3.63, 3.8) is 0 Å². The van der Waals surface area contributed by atoms with E-state index in [4.69, 9.17) is 4.74 Å². The van der Waals surface area contributed by atoms with Gasteiger partial charge in [0, 0.05) is 0 Å². The van der Waals surface area contributed by atoms with Crippen molar-refractivity contribution in [1.82, 2.24) is 4.98 Å². The van der Waals surface area contributed by atoms with Crippen molar-refractivity contribution in [2.24, 2.45) is 0 Å². The molecule has 0 fully saturated rings. The molecule has 0 saturated carbocycles. The molecule has 0 amide bonds. The molecule has 1 aromatic carbocycles. The maximum Gasteiger partial charge on any atom is 0.358 e. The Hall–Kier alpha value is -2.14. The van der Waals surface area contributed by atoms with Gasteiger partial charge in [0.2, 0.25) is 0 Å². The van der Waals surface area contributed by atoms with Crippen LogP contribution >= 0.6 is 11.3 Å². The quantitative estimate of drug-likeness (QED) is 0.858. The number of esters is 1. The van der Waals surface area contributed by atoms with Crippen molar-refractivity contribution in [2.75, 3.05) is 12.4 Å². The number of thiazole rings is 1. The fourth-order valence-electron chi connectivity index (χ4n) is 1.49. The molecule has 0 radical (unpaired) electrons. The number of carbonyl (C=O) groups is 1. The lowest BCUT2D eigenvalue weighted by molar-refractivity contribution is 0.0596. The van der Waals surface area contributed by atoms with E-state index in [0.717, 1.165) is 10.4 Å². The van der Waals surface area contributed by atoms with Gasteiger partial charge in [-0.05, 0) is 11.8 Å². The van der Waals surface area contributed by atoms with Gasteiger partial charge in [-0.25, -0.2) is 9.78 Å². The molecular weight excluding hydrogens is 248 g/mol. The Balaban J connectivity index is 2.50. The average molecular weight is 260 g/mol. The molecule has 0 unspecified atom stereocenters. The van der Waals surface area contributed by atoms with Crippen LogP contribution in [0.2, 0.25) is 0 Å². The van der Waals surface area contributed by atoms with Crippen molar-refractivity contribution in [3.8, 4) is 10.4 Å². The van der Waals surface area contributed by atoms with Gasteiger partial charge in [0.15, 0.2) is 10.8 Å². The van der Waals surface area contributed by atoms with Gasteiger partial charge in [-0.1, -0.05) is 48.2 Å². The van der Waals surface area contributed by atoms with Crippen LogP contribution in [0.1, 0.15) is 10.5 Å². The average Bonchev–Trinajstić information content (AvgIpc) is 2.83. The van der Waals surface area contributed by atoms with Gasteiger partial charge in [0.1, 0.15) is 0 Å². The predicted molar refractivity (Wildman–Crippen MR) is 72.7 cm³/mol. The molecule has 0 aliphatic carbocycles. The van der Waals surface area contributed by atoms with E-state index in [0.29, 0.717) is 10.8 Å². The second-order valence-electron chi connectivity index (χ2n) is 3.40. The third kappa shape index (κ3) is 2.41. The number of ether oxygens (including phenoxy) is 1. The molecule has 4 nitrogen and oxygen atoms in total. The Bertz CT molecular complexity index is 564. The lowest BCUT2D eigenvalue weighted by Crippen LogP contribution is -2.03. The van der Waals surface area contributed by atoms with Crippen LogP contribution in [-0.2, 0) is 4.74 Å². The smallest absolute Gasteiger partial charge is 0.358 e. The van der Waals surface area contributed by atoms with E-state index >= 15 is 0 Å². The number of hydrogen-bond donors (Lipinski definition) is 1. The summed E-state index contributed by atoms with van der Waals surface area (Å²) in [6.07, 6.45) is 1.52. The van der Waals surface area contributed by atoms with E-state index in [1.807, 2.05) is 30.3 Å². The summed E-state index contributed by atoms with van der Waals surface area (Å²) in [6, 6.07) is 9.61. The van der Waals surface area contributed by atoms with Gasteiger partial charge in [-0.3, -0.25) is 0 Å². The molecule has 1 N–H and O–H groups in total. The number of benzene rings is 1. The minimum atomic E-state index is -0.442. The minimum absolute atomic E-state index is 0.318. The first kappa shape index (κ1) is 12.3. The van der Waals surface area contributed by atoms with Gasteiger partial charge in [0.25, 0.3) is 0 Å². The van der Waals surface area contributed by atoms with Crippen molar-refractivity contribution >= 4 is 22.4 Å². The van der Waals surface area contributed by atoms with Crippen molar-refractivity contribution < 1.29 is 9.53 Å². The zero-order valence-corrected chi connectivity index (χ0v) is 10.7. The zero-order valence-electron chi connectivity index (χ0n) is 9.84. The third-order valence-electron chi connectivity index (χ3n) is 2.27. The van der Waals surface area contributed by atoms with Crippen LogP contribution in [0.25, 0.3) is 10.4 Å². The maximum atomic E-state index is 11.7. The molecule has 5 heteroatoms. The Labute approximate surface area is 109 Å². The topological polar surface area (TPSA) is 51.2 Å². The summed E-state index contributed by atoms with van der Waals surface area (Å²) >= 11 is 1.39. The highest BCUT2D eigenvalue weighted by molar-refractivity contribution is 7.19. The van der Waals surface area contributed by atoms with E-state index in [1.54, 1.807) is 0 Å². The summed E-state index contributed by atoms with van der Waals surface area (Å²) in [4.78, 5) is 16.7. The Kier molecular flexibility index (Phi) is 3.74. The van der Waals surface area contributed by atoms with Crippen molar-refractivity contribution in [3.05, 3.63) is 48.8 Å². The lowest BCUT2D eigenvalue weighted by Gasteiger charge is -1.99. The van der Waals surface area contributed by atoms with Crippen LogP contribution in [0.15, 0.2) is 43.1 Å². The Morgan fingerprint density at radius 1 is 1.44 bits per heavy atom. The summed E-state index contributed by atoms with van der Waals surface area (Å²) in [7, 11) is 1.34. The SMILES string of the molecule is C=CNc1nc(C(=O)OC)c(-c2ccccc2)s1. The van der Waals surface area contributed by atoms with Gasteiger partial charge in [-0.15, -0.1) is 0 Å². The first-order valence-corrected chi connectivity index (χ1v) is 6.10. The van der Waals surface area contributed by atoms with Crippen LogP contribution < -0.4 is 5.32 Å².